The minimum Gasteiger partial charge on any atom is -0.489 e. The maximum absolute atomic E-state index is 13.0. The number of nitrogens with one attached hydrogen (secondary N) is 1. The number of para-hydroxylation sites is 2. The highest BCUT2D eigenvalue weighted by Crippen LogP contribution is 2.42. The molecule has 0 aliphatic carbocycles. The highest BCUT2D eigenvalue weighted by Gasteiger charge is 2.31. The van der Waals surface area contributed by atoms with Crippen molar-refractivity contribution in [2.24, 2.45) is 0 Å². The first-order chi connectivity index (χ1) is 13.7. The zero-order valence-corrected chi connectivity index (χ0v) is 15.4. The smallest absolute Gasteiger partial charge is 0.258 e. The quantitative estimate of drug-likeness (QED) is 0.757. The van der Waals surface area contributed by atoms with Crippen molar-refractivity contribution in [3.8, 4) is 5.75 Å². The van der Waals surface area contributed by atoms with Crippen molar-refractivity contribution in [1.82, 2.24) is 9.97 Å². The largest absolute Gasteiger partial charge is 0.489 e. The molecule has 28 heavy (non-hydrogen) atoms. The van der Waals surface area contributed by atoms with Crippen LogP contribution in [0.3, 0.4) is 0 Å². The van der Waals surface area contributed by atoms with Gasteiger partial charge in [-0.1, -0.05) is 18.2 Å². The molecule has 2 aliphatic rings. The second-order valence-corrected chi connectivity index (χ2v) is 7.03. The Morgan fingerprint density at radius 2 is 2.00 bits per heavy atom. The minimum absolute atomic E-state index is 0.0226. The van der Waals surface area contributed by atoms with E-state index in [2.05, 4.69) is 14.9 Å². The molecule has 0 bridgehead atoms. The summed E-state index contributed by atoms with van der Waals surface area (Å²) in [7, 11) is 0. The molecule has 0 fully saturated rings. The van der Waals surface area contributed by atoms with E-state index in [-0.39, 0.29) is 17.9 Å². The summed E-state index contributed by atoms with van der Waals surface area (Å²) < 4.78 is 5.75. The number of aromatic amines is 1. The third-order valence-corrected chi connectivity index (χ3v) is 5.34. The number of rotatable bonds is 3. The number of aromatic nitrogens is 2. The van der Waals surface area contributed by atoms with E-state index in [0.717, 1.165) is 30.2 Å². The predicted octanol–water partition coefficient (Wildman–Crippen LogP) is 2.10. The van der Waals surface area contributed by atoms with Gasteiger partial charge in [0.25, 0.3) is 5.56 Å². The number of fused-ring (bicyclic) bond motifs is 1. The predicted molar refractivity (Wildman–Crippen MR) is 107 cm³/mol. The van der Waals surface area contributed by atoms with Crippen LogP contribution in [0.15, 0.2) is 47.3 Å². The van der Waals surface area contributed by atoms with E-state index in [1.807, 2.05) is 41.3 Å². The summed E-state index contributed by atoms with van der Waals surface area (Å²) in [4.78, 5) is 36.6. The third kappa shape index (κ3) is 2.79. The van der Waals surface area contributed by atoms with Gasteiger partial charge in [-0.3, -0.25) is 9.59 Å². The standard InChI is InChI=1S/C21H20N4O3/c26-19(9-8-18-22-15-5-2-1-4-14(15)21(27)23-18)25-11-10-24-12-13-28-17-7-3-6-16(25)20(17)24/h1-7H,8-13H2,(H,22,23,27). The molecular weight excluding hydrogens is 356 g/mol. The number of amides is 1. The van der Waals surface area contributed by atoms with Crippen molar-refractivity contribution in [2.45, 2.75) is 12.8 Å². The number of hydrogen-bond acceptors (Lipinski definition) is 5. The van der Waals surface area contributed by atoms with Crippen LogP contribution in [-0.2, 0) is 11.2 Å². The summed E-state index contributed by atoms with van der Waals surface area (Å²) in [5.41, 5.74) is 2.38. The number of nitrogens with zero attached hydrogens (tertiary/aromatic N) is 3. The van der Waals surface area contributed by atoms with Crippen molar-refractivity contribution in [2.75, 3.05) is 36.0 Å². The third-order valence-electron chi connectivity index (χ3n) is 5.34. The van der Waals surface area contributed by atoms with Crippen LogP contribution in [0, 0.1) is 0 Å². The second-order valence-electron chi connectivity index (χ2n) is 7.03. The van der Waals surface area contributed by atoms with Crippen molar-refractivity contribution in [3.63, 3.8) is 0 Å². The van der Waals surface area contributed by atoms with Gasteiger partial charge in [-0.25, -0.2) is 4.98 Å². The summed E-state index contributed by atoms with van der Waals surface area (Å²) in [6.45, 7) is 2.96. The van der Waals surface area contributed by atoms with Crippen LogP contribution < -0.4 is 20.1 Å². The molecule has 0 atom stereocenters. The second kappa shape index (κ2) is 6.67. The lowest BCUT2D eigenvalue weighted by Gasteiger charge is -2.41. The zero-order chi connectivity index (χ0) is 19.1. The van der Waals surface area contributed by atoms with Crippen LogP contribution in [0.4, 0.5) is 11.4 Å². The van der Waals surface area contributed by atoms with Crippen molar-refractivity contribution in [1.29, 1.82) is 0 Å². The number of aryl methyl sites for hydroxylation is 1. The van der Waals surface area contributed by atoms with Gasteiger partial charge in [0.1, 0.15) is 23.9 Å². The Bertz CT molecular complexity index is 1120. The van der Waals surface area contributed by atoms with Crippen LogP contribution >= 0.6 is 0 Å². The Morgan fingerprint density at radius 1 is 1.11 bits per heavy atom. The first-order valence-electron chi connectivity index (χ1n) is 9.50. The van der Waals surface area contributed by atoms with E-state index in [4.69, 9.17) is 4.74 Å². The first-order valence-corrected chi connectivity index (χ1v) is 9.50. The Labute approximate surface area is 161 Å². The van der Waals surface area contributed by atoms with Gasteiger partial charge in [-0.2, -0.15) is 0 Å². The molecule has 142 valence electrons. The van der Waals surface area contributed by atoms with Crippen LogP contribution in [0.1, 0.15) is 12.2 Å². The van der Waals surface area contributed by atoms with E-state index in [0.29, 0.717) is 36.3 Å². The normalized spacial score (nSPS) is 15.3. The molecule has 3 heterocycles. The number of ether oxygens (including phenoxy) is 1. The van der Waals surface area contributed by atoms with Crippen molar-refractivity contribution in [3.05, 3.63) is 58.6 Å². The number of carbonyl (C=O) groups is 1. The van der Waals surface area contributed by atoms with Crippen LogP contribution in [0.25, 0.3) is 10.9 Å². The lowest BCUT2D eigenvalue weighted by atomic mass is 10.1. The molecule has 1 aromatic heterocycles. The fourth-order valence-corrected chi connectivity index (χ4v) is 3.98. The molecule has 0 saturated carbocycles. The van der Waals surface area contributed by atoms with E-state index in [1.54, 1.807) is 6.07 Å². The summed E-state index contributed by atoms with van der Waals surface area (Å²) in [5.74, 6) is 1.39. The number of H-pyrrole nitrogens is 1. The molecule has 7 heteroatoms. The number of carbonyl (C=O) groups excluding carboxylic acids is 1. The minimum atomic E-state index is -0.170. The molecule has 0 unspecified atom stereocenters. The first kappa shape index (κ1) is 16.8. The Hall–Kier alpha value is -3.35. The molecule has 0 saturated heterocycles. The summed E-state index contributed by atoms with van der Waals surface area (Å²) >= 11 is 0. The maximum atomic E-state index is 13.0. The van der Waals surface area contributed by atoms with Crippen LogP contribution in [0.5, 0.6) is 5.75 Å². The molecule has 1 amide bonds. The summed E-state index contributed by atoms with van der Waals surface area (Å²) in [6.07, 6.45) is 0.677. The maximum Gasteiger partial charge on any atom is 0.258 e. The van der Waals surface area contributed by atoms with E-state index >= 15 is 0 Å². The number of anilines is 2. The SMILES string of the molecule is O=C(CCc1nc2ccccc2c(=O)[nH]1)N1CCN2CCOc3cccc1c32. The molecular formula is C21H20N4O3. The van der Waals surface area contributed by atoms with Crippen molar-refractivity contribution >= 4 is 28.2 Å². The van der Waals surface area contributed by atoms with Crippen LogP contribution in [0.2, 0.25) is 0 Å². The van der Waals surface area contributed by atoms with E-state index in [9.17, 15) is 9.59 Å². The van der Waals surface area contributed by atoms with Gasteiger partial charge >= 0.3 is 0 Å². The van der Waals surface area contributed by atoms with E-state index < -0.39 is 0 Å². The van der Waals surface area contributed by atoms with Gasteiger partial charge < -0.3 is 19.5 Å². The molecule has 7 nitrogen and oxygen atoms in total. The average molecular weight is 376 g/mol. The Morgan fingerprint density at radius 3 is 2.93 bits per heavy atom. The molecule has 2 aliphatic heterocycles. The zero-order valence-electron chi connectivity index (χ0n) is 15.4. The van der Waals surface area contributed by atoms with Gasteiger partial charge in [0.15, 0.2) is 0 Å². The molecule has 3 aromatic rings. The van der Waals surface area contributed by atoms with Gasteiger partial charge in [0.2, 0.25) is 5.91 Å². The Balaban J connectivity index is 1.37. The highest BCUT2D eigenvalue weighted by molar-refractivity contribution is 5.99. The number of hydrogen-bond donors (Lipinski definition) is 1. The van der Waals surface area contributed by atoms with Gasteiger partial charge in [-0.15, -0.1) is 0 Å². The number of benzene rings is 2. The fraction of sp³-hybridized carbons (Fsp3) is 0.286. The molecule has 0 radical (unpaired) electrons. The average Bonchev–Trinajstić information content (AvgIpc) is 2.73. The van der Waals surface area contributed by atoms with E-state index in [1.165, 1.54) is 0 Å². The molecule has 2 aromatic carbocycles. The van der Waals surface area contributed by atoms with Gasteiger partial charge in [-0.05, 0) is 24.3 Å². The summed E-state index contributed by atoms with van der Waals surface area (Å²) in [5, 5.41) is 0.560. The topological polar surface area (TPSA) is 78.5 Å². The monoisotopic (exact) mass is 376 g/mol. The van der Waals surface area contributed by atoms with Crippen LogP contribution in [-0.4, -0.2) is 42.1 Å². The van der Waals surface area contributed by atoms with Gasteiger partial charge in [0, 0.05) is 25.9 Å². The Kier molecular flexibility index (Phi) is 4.00. The molecule has 0 spiro atoms. The highest BCUT2D eigenvalue weighted by atomic mass is 16.5. The lowest BCUT2D eigenvalue weighted by Crippen LogP contribution is -2.47. The molecule has 5 rings (SSSR count). The fourth-order valence-electron chi connectivity index (χ4n) is 3.98. The molecule has 1 N–H and O–H groups in total. The summed E-state index contributed by atoms with van der Waals surface area (Å²) in [6, 6.07) is 13.1. The lowest BCUT2D eigenvalue weighted by molar-refractivity contribution is -0.118. The van der Waals surface area contributed by atoms with Gasteiger partial charge in [0.05, 0.1) is 23.1 Å². The van der Waals surface area contributed by atoms with Crippen molar-refractivity contribution < 1.29 is 9.53 Å².